The summed E-state index contributed by atoms with van der Waals surface area (Å²) in [5, 5.41) is 4.34. The van der Waals surface area contributed by atoms with Crippen LogP contribution in [0.4, 0.5) is 0 Å². The van der Waals surface area contributed by atoms with Gasteiger partial charge in [0, 0.05) is 19.3 Å². The van der Waals surface area contributed by atoms with Gasteiger partial charge in [-0.25, -0.2) is 9.67 Å². The largest absolute Gasteiger partial charge is 0.339 e. The number of carbonyl (C=O) groups excluding carboxylic acids is 1. The summed E-state index contributed by atoms with van der Waals surface area (Å²) in [6.07, 6.45) is 9.32. The molecule has 0 bridgehead atoms. The van der Waals surface area contributed by atoms with E-state index < -0.39 is 0 Å². The summed E-state index contributed by atoms with van der Waals surface area (Å²) < 4.78 is 1.72. The van der Waals surface area contributed by atoms with Gasteiger partial charge in [0.05, 0.1) is 17.5 Å². The van der Waals surface area contributed by atoms with E-state index >= 15 is 0 Å². The lowest BCUT2D eigenvalue weighted by atomic mass is 9.94. The molecule has 5 nitrogen and oxygen atoms in total. The smallest absolute Gasteiger partial charge is 0.257 e. The van der Waals surface area contributed by atoms with Crippen LogP contribution in [0.15, 0.2) is 30.6 Å². The van der Waals surface area contributed by atoms with Gasteiger partial charge < -0.3 is 4.90 Å². The second kappa shape index (κ2) is 6.30. The first kappa shape index (κ1) is 14.8. The van der Waals surface area contributed by atoms with Gasteiger partial charge in [-0.1, -0.05) is 25.3 Å². The first-order chi connectivity index (χ1) is 10.7. The highest BCUT2D eigenvalue weighted by Gasteiger charge is 2.25. The Morgan fingerprint density at radius 1 is 1.27 bits per heavy atom. The Hall–Kier alpha value is -2.17. The second-order valence-corrected chi connectivity index (χ2v) is 5.95. The van der Waals surface area contributed by atoms with Crippen molar-refractivity contribution in [1.29, 1.82) is 0 Å². The Morgan fingerprint density at radius 3 is 2.73 bits per heavy atom. The third kappa shape index (κ3) is 2.75. The third-order valence-corrected chi connectivity index (χ3v) is 4.55. The van der Waals surface area contributed by atoms with Crippen LogP contribution in [0.5, 0.6) is 0 Å². The van der Waals surface area contributed by atoms with Gasteiger partial charge in [-0.2, -0.15) is 5.10 Å². The van der Waals surface area contributed by atoms with Crippen molar-refractivity contribution in [3.63, 3.8) is 0 Å². The molecule has 0 atom stereocenters. The summed E-state index contributed by atoms with van der Waals surface area (Å²) in [5.41, 5.74) is 1.50. The van der Waals surface area contributed by atoms with Crippen LogP contribution < -0.4 is 0 Å². The molecule has 2 heterocycles. The van der Waals surface area contributed by atoms with Gasteiger partial charge in [-0.15, -0.1) is 0 Å². The van der Waals surface area contributed by atoms with E-state index in [0.29, 0.717) is 11.6 Å². The molecule has 0 aliphatic heterocycles. The molecule has 2 aromatic rings. The van der Waals surface area contributed by atoms with E-state index in [2.05, 4.69) is 10.1 Å². The van der Waals surface area contributed by atoms with E-state index in [4.69, 9.17) is 0 Å². The first-order valence-electron chi connectivity index (χ1n) is 7.91. The Labute approximate surface area is 131 Å². The maximum absolute atomic E-state index is 12.8. The number of nitrogens with zero attached hydrogens (tertiary/aromatic N) is 4. The monoisotopic (exact) mass is 298 g/mol. The number of rotatable bonds is 3. The van der Waals surface area contributed by atoms with Gasteiger partial charge in [0.25, 0.3) is 5.91 Å². The molecule has 1 aliphatic rings. The number of pyridine rings is 1. The topological polar surface area (TPSA) is 51.0 Å². The van der Waals surface area contributed by atoms with E-state index in [0.717, 1.165) is 24.4 Å². The predicted molar refractivity (Wildman–Crippen MR) is 85.1 cm³/mol. The fraction of sp³-hybridized carbons (Fsp3) is 0.471. The van der Waals surface area contributed by atoms with Crippen molar-refractivity contribution in [2.75, 3.05) is 7.05 Å². The van der Waals surface area contributed by atoms with Gasteiger partial charge in [-0.05, 0) is 31.9 Å². The van der Waals surface area contributed by atoms with E-state index in [9.17, 15) is 4.79 Å². The fourth-order valence-corrected chi connectivity index (χ4v) is 3.15. The van der Waals surface area contributed by atoms with Crippen molar-refractivity contribution < 1.29 is 4.79 Å². The van der Waals surface area contributed by atoms with Crippen molar-refractivity contribution in [3.8, 4) is 5.82 Å². The third-order valence-electron chi connectivity index (χ3n) is 4.55. The number of carbonyl (C=O) groups is 1. The highest BCUT2D eigenvalue weighted by Crippen LogP contribution is 2.23. The minimum Gasteiger partial charge on any atom is -0.339 e. The summed E-state index contributed by atoms with van der Waals surface area (Å²) in [5.74, 6) is 0.797. The van der Waals surface area contributed by atoms with Crippen LogP contribution in [-0.2, 0) is 0 Å². The zero-order chi connectivity index (χ0) is 15.5. The summed E-state index contributed by atoms with van der Waals surface area (Å²) in [4.78, 5) is 18.9. The molecular formula is C17H22N4O. The van der Waals surface area contributed by atoms with Gasteiger partial charge in [0.2, 0.25) is 0 Å². The lowest BCUT2D eigenvalue weighted by Gasteiger charge is -2.31. The summed E-state index contributed by atoms with van der Waals surface area (Å²) in [7, 11) is 1.91. The van der Waals surface area contributed by atoms with Crippen molar-refractivity contribution in [3.05, 3.63) is 41.9 Å². The van der Waals surface area contributed by atoms with Crippen molar-refractivity contribution in [2.24, 2.45) is 0 Å². The molecule has 0 saturated heterocycles. The molecule has 22 heavy (non-hydrogen) atoms. The average molecular weight is 298 g/mol. The SMILES string of the molecule is Cc1c(C(=O)N(C)C2CCCCC2)cnn1-c1ccccn1. The Morgan fingerprint density at radius 2 is 2.05 bits per heavy atom. The number of hydrogen-bond donors (Lipinski definition) is 0. The van der Waals surface area contributed by atoms with Gasteiger partial charge in [-0.3, -0.25) is 4.79 Å². The highest BCUT2D eigenvalue weighted by molar-refractivity contribution is 5.95. The van der Waals surface area contributed by atoms with Gasteiger partial charge in [0.1, 0.15) is 0 Å². The molecule has 1 amide bonds. The molecule has 0 radical (unpaired) electrons. The molecule has 116 valence electrons. The molecule has 0 aromatic carbocycles. The molecule has 2 aromatic heterocycles. The predicted octanol–water partition coefficient (Wildman–Crippen LogP) is 2.98. The van der Waals surface area contributed by atoms with E-state index in [1.807, 2.05) is 37.1 Å². The quantitative estimate of drug-likeness (QED) is 0.875. The minimum atomic E-state index is 0.0616. The summed E-state index contributed by atoms with van der Waals surface area (Å²) >= 11 is 0. The van der Waals surface area contributed by atoms with Crippen LogP contribution in [-0.4, -0.2) is 38.7 Å². The van der Waals surface area contributed by atoms with E-state index in [1.165, 1.54) is 19.3 Å². The molecule has 0 spiro atoms. The molecule has 0 N–H and O–H groups in total. The Balaban J connectivity index is 1.83. The lowest BCUT2D eigenvalue weighted by molar-refractivity contribution is 0.0695. The molecule has 5 heteroatoms. The standard InChI is InChI=1S/C17H22N4O/c1-13-15(12-19-21(13)16-10-6-7-11-18-16)17(22)20(2)14-8-4-3-5-9-14/h6-7,10-12,14H,3-5,8-9H2,1-2H3. The normalized spacial score (nSPS) is 15.7. The molecular weight excluding hydrogens is 276 g/mol. The first-order valence-corrected chi connectivity index (χ1v) is 7.91. The summed E-state index contributed by atoms with van der Waals surface area (Å²) in [6.45, 7) is 1.92. The molecule has 1 saturated carbocycles. The second-order valence-electron chi connectivity index (χ2n) is 5.95. The molecule has 1 aliphatic carbocycles. The van der Waals surface area contributed by atoms with Gasteiger partial charge in [0.15, 0.2) is 5.82 Å². The fourth-order valence-electron chi connectivity index (χ4n) is 3.15. The zero-order valence-corrected chi connectivity index (χ0v) is 13.2. The molecule has 1 fully saturated rings. The lowest BCUT2D eigenvalue weighted by Crippen LogP contribution is -2.38. The number of aromatic nitrogens is 3. The molecule has 0 unspecified atom stereocenters. The van der Waals surface area contributed by atoms with Crippen LogP contribution >= 0.6 is 0 Å². The summed E-state index contributed by atoms with van der Waals surface area (Å²) in [6, 6.07) is 6.03. The van der Waals surface area contributed by atoms with Crippen LogP contribution in [0.1, 0.15) is 48.2 Å². The van der Waals surface area contributed by atoms with Crippen LogP contribution in [0.2, 0.25) is 0 Å². The van der Waals surface area contributed by atoms with Crippen LogP contribution in [0.3, 0.4) is 0 Å². The minimum absolute atomic E-state index is 0.0616. The average Bonchev–Trinajstić information content (AvgIpc) is 2.96. The Kier molecular flexibility index (Phi) is 4.22. The Bertz CT molecular complexity index is 644. The maximum atomic E-state index is 12.8. The highest BCUT2D eigenvalue weighted by atomic mass is 16.2. The van der Waals surface area contributed by atoms with Crippen molar-refractivity contribution >= 4 is 5.91 Å². The molecule has 3 rings (SSSR count). The van der Waals surface area contributed by atoms with Crippen molar-refractivity contribution in [2.45, 2.75) is 45.1 Å². The number of hydrogen-bond acceptors (Lipinski definition) is 3. The zero-order valence-electron chi connectivity index (χ0n) is 13.2. The van der Waals surface area contributed by atoms with E-state index in [-0.39, 0.29) is 5.91 Å². The van der Waals surface area contributed by atoms with Gasteiger partial charge >= 0.3 is 0 Å². The van der Waals surface area contributed by atoms with Crippen LogP contribution in [0.25, 0.3) is 5.82 Å². The van der Waals surface area contributed by atoms with E-state index in [1.54, 1.807) is 17.1 Å². The van der Waals surface area contributed by atoms with Crippen molar-refractivity contribution in [1.82, 2.24) is 19.7 Å². The van der Waals surface area contributed by atoms with Crippen LogP contribution in [0, 0.1) is 6.92 Å². The number of amides is 1. The maximum Gasteiger partial charge on any atom is 0.257 e.